The first-order valence-electron chi connectivity index (χ1n) is 6.01. The summed E-state index contributed by atoms with van der Waals surface area (Å²) in [6.45, 7) is 0. The third-order valence-electron chi connectivity index (χ3n) is 2.51. The van der Waals surface area contributed by atoms with Gasteiger partial charge in [-0.25, -0.2) is 0 Å². The van der Waals surface area contributed by atoms with E-state index in [1.54, 1.807) is 51.4 Å². The van der Waals surface area contributed by atoms with E-state index in [0.29, 0.717) is 23.2 Å². The summed E-state index contributed by atoms with van der Waals surface area (Å²) in [6.07, 6.45) is 0. The van der Waals surface area contributed by atoms with Gasteiger partial charge in [-0.15, -0.1) is 0 Å². The summed E-state index contributed by atoms with van der Waals surface area (Å²) in [5, 5.41) is 0.0542. The van der Waals surface area contributed by atoms with Crippen molar-refractivity contribution in [1.82, 2.24) is 15.0 Å². The fraction of sp³-hybridized carbons (Fsp3) is 0.308. The molecule has 0 fully saturated rings. The van der Waals surface area contributed by atoms with Crippen LogP contribution in [0, 0.1) is 0 Å². The Morgan fingerprint density at radius 1 is 0.905 bits per heavy atom. The van der Waals surface area contributed by atoms with Crippen LogP contribution in [0.25, 0.3) is 0 Å². The highest BCUT2D eigenvalue weighted by atomic mass is 35.5. The smallest absolute Gasteiger partial charge is 0.328 e. The molecule has 112 valence electrons. The number of hydrogen-bond donors (Lipinski definition) is 0. The Morgan fingerprint density at radius 3 is 2.00 bits per heavy atom. The Labute approximate surface area is 127 Å². The molecule has 1 aromatic heterocycles. The summed E-state index contributed by atoms with van der Waals surface area (Å²) in [7, 11) is 6.71. The van der Waals surface area contributed by atoms with Crippen molar-refractivity contribution in [3.8, 4) is 23.3 Å². The van der Waals surface area contributed by atoms with Crippen LogP contribution in [0.5, 0.6) is 23.3 Å². The number of anilines is 1. The molecule has 8 heteroatoms. The van der Waals surface area contributed by atoms with E-state index in [0.717, 1.165) is 0 Å². The standard InChI is InChI=1S/C13H15ClN4O3/c1-18(2)12-15-11(14)16-13(17-12)21-10-6-8(19-3)5-9(7-10)20-4/h5-7H,1-4H3. The van der Waals surface area contributed by atoms with Gasteiger partial charge in [-0.1, -0.05) is 0 Å². The quantitative estimate of drug-likeness (QED) is 0.839. The number of aromatic nitrogens is 3. The molecule has 21 heavy (non-hydrogen) atoms. The van der Waals surface area contributed by atoms with E-state index in [-0.39, 0.29) is 11.3 Å². The van der Waals surface area contributed by atoms with Gasteiger partial charge in [0.05, 0.1) is 14.2 Å². The Balaban J connectivity index is 2.33. The highest BCUT2D eigenvalue weighted by Gasteiger charge is 2.10. The molecular weight excluding hydrogens is 296 g/mol. The molecular formula is C13H15ClN4O3. The minimum Gasteiger partial charge on any atom is -0.496 e. The Hall–Kier alpha value is -2.28. The van der Waals surface area contributed by atoms with E-state index in [1.807, 2.05) is 0 Å². The second kappa shape index (κ2) is 6.45. The molecule has 0 amide bonds. The van der Waals surface area contributed by atoms with Crippen LogP contribution in [0.15, 0.2) is 18.2 Å². The van der Waals surface area contributed by atoms with Crippen LogP contribution in [0.2, 0.25) is 5.28 Å². The van der Waals surface area contributed by atoms with Crippen molar-refractivity contribution in [3.05, 3.63) is 23.5 Å². The molecule has 0 radical (unpaired) electrons. The topological polar surface area (TPSA) is 69.6 Å². The van der Waals surface area contributed by atoms with Crippen molar-refractivity contribution < 1.29 is 14.2 Å². The van der Waals surface area contributed by atoms with Gasteiger partial charge >= 0.3 is 6.01 Å². The fourth-order valence-corrected chi connectivity index (χ4v) is 1.66. The summed E-state index contributed by atoms with van der Waals surface area (Å²) < 4.78 is 15.9. The van der Waals surface area contributed by atoms with Gasteiger partial charge in [0.1, 0.15) is 17.2 Å². The third-order valence-corrected chi connectivity index (χ3v) is 2.68. The molecule has 2 aromatic rings. The van der Waals surface area contributed by atoms with Crippen molar-refractivity contribution in [3.63, 3.8) is 0 Å². The highest BCUT2D eigenvalue weighted by molar-refractivity contribution is 6.28. The Bertz CT molecular complexity index is 615. The van der Waals surface area contributed by atoms with E-state index in [9.17, 15) is 0 Å². The first-order chi connectivity index (χ1) is 10.0. The molecule has 7 nitrogen and oxygen atoms in total. The van der Waals surface area contributed by atoms with Crippen LogP contribution in [0.1, 0.15) is 0 Å². The monoisotopic (exact) mass is 310 g/mol. The lowest BCUT2D eigenvalue weighted by atomic mass is 10.3. The maximum atomic E-state index is 5.86. The van der Waals surface area contributed by atoms with Crippen molar-refractivity contribution >= 4 is 17.5 Å². The largest absolute Gasteiger partial charge is 0.496 e. The number of benzene rings is 1. The SMILES string of the molecule is COc1cc(OC)cc(Oc2nc(Cl)nc(N(C)C)n2)c1. The zero-order valence-corrected chi connectivity index (χ0v) is 12.9. The van der Waals surface area contributed by atoms with Crippen LogP contribution in [0.3, 0.4) is 0 Å². The molecule has 0 aliphatic carbocycles. The van der Waals surface area contributed by atoms with Crippen LogP contribution < -0.4 is 19.1 Å². The molecule has 0 spiro atoms. The molecule has 0 aliphatic heterocycles. The van der Waals surface area contributed by atoms with Gasteiger partial charge in [-0.2, -0.15) is 15.0 Å². The normalized spacial score (nSPS) is 10.1. The van der Waals surface area contributed by atoms with Crippen LogP contribution in [0.4, 0.5) is 5.95 Å². The molecule has 1 aromatic carbocycles. The van der Waals surface area contributed by atoms with E-state index in [4.69, 9.17) is 25.8 Å². The van der Waals surface area contributed by atoms with Gasteiger partial charge < -0.3 is 19.1 Å². The summed E-state index contributed by atoms with van der Waals surface area (Å²) >= 11 is 5.86. The Morgan fingerprint density at radius 2 is 1.48 bits per heavy atom. The number of rotatable bonds is 5. The van der Waals surface area contributed by atoms with Crippen LogP contribution in [-0.4, -0.2) is 43.3 Å². The molecule has 2 rings (SSSR count). The first kappa shape index (κ1) is 15.1. The molecule has 1 heterocycles. The van der Waals surface area contributed by atoms with Crippen LogP contribution >= 0.6 is 11.6 Å². The van der Waals surface area contributed by atoms with Gasteiger partial charge in [-0.05, 0) is 11.6 Å². The number of halogens is 1. The van der Waals surface area contributed by atoms with Crippen molar-refractivity contribution in [2.45, 2.75) is 0 Å². The highest BCUT2D eigenvalue weighted by Crippen LogP contribution is 2.30. The summed E-state index contributed by atoms with van der Waals surface area (Å²) in [4.78, 5) is 13.8. The zero-order chi connectivity index (χ0) is 15.4. The van der Waals surface area contributed by atoms with E-state index >= 15 is 0 Å². The van der Waals surface area contributed by atoms with Crippen LogP contribution in [-0.2, 0) is 0 Å². The second-order valence-electron chi connectivity index (χ2n) is 4.23. The van der Waals surface area contributed by atoms with E-state index in [2.05, 4.69) is 15.0 Å². The van der Waals surface area contributed by atoms with Gasteiger partial charge in [0.2, 0.25) is 11.2 Å². The summed E-state index contributed by atoms with van der Waals surface area (Å²) in [5.41, 5.74) is 0. The minimum atomic E-state index is 0.0542. The average molecular weight is 311 g/mol. The maximum Gasteiger partial charge on any atom is 0.328 e. The number of nitrogens with zero attached hydrogens (tertiary/aromatic N) is 4. The lowest BCUT2D eigenvalue weighted by Gasteiger charge is -2.12. The minimum absolute atomic E-state index is 0.0542. The second-order valence-corrected chi connectivity index (χ2v) is 4.57. The third kappa shape index (κ3) is 3.85. The number of methoxy groups -OCH3 is 2. The number of ether oxygens (including phenoxy) is 3. The molecule has 0 aliphatic rings. The molecule has 0 unspecified atom stereocenters. The van der Waals surface area contributed by atoms with E-state index < -0.39 is 0 Å². The van der Waals surface area contributed by atoms with Gasteiger partial charge in [0.25, 0.3) is 0 Å². The predicted octanol–water partition coefficient (Wildman–Crippen LogP) is 2.40. The van der Waals surface area contributed by atoms with Gasteiger partial charge in [0.15, 0.2) is 0 Å². The molecule has 0 atom stereocenters. The van der Waals surface area contributed by atoms with Gasteiger partial charge in [-0.3, -0.25) is 0 Å². The summed E-state index contributed by atoms with van der Waals surface area (Å²) in [5.74, 6) is 2.06. The average Bonchev–Trinajstić information content (AvgIpc) is 2.46. The molecule has 0 saturated heterocycles. The van der Waals surface area contributed by atoms with E-state index in [1.165, 1.54) is 0 Å². The lowest BCUT2D eigenvalue weighted by Crippen LogP contribution is -2.13. The fourth-order valence-electron chi connectivity index (χ4n) is 1.51. The predicted molar refractivity (Wildman–Crippen MR) is 78.8 cm³/mol. The lowest BCUT2D eigenvalue weighted by molar-refractivity contribution is 0.382. The Kier molecular flexibility index (Phi) is 4.64. The first-order valence-corrected chi connectivity index (χ1v) is 6.39. The summed E-state index contributed by atoms with van der Waals surface area (Å²) in [6, 6.07) is 5.21. The molecule has 0 bridgehead atoms. The van der Waals surface area contributed by atoms with Crippen molar-refractivity contribution in [2.24, 2.45) is 0 Å². The zero-order valence-electron chi connectivity index (χ0n) is 12.1. The molecule has 0 N–H and O–H groups in total. The maximum absolute atomic E-state index is 5.86. The number of hydrogen-bond acceptors (Lipinski definition) is 7. The van der Waals surface area contributed by atoms with Crippen molar-refractivity contribution in [2.75, 3.05) is 33.2 Å². The van der Waals surface area contributed by atoms with Crippen molar-refractivity contribution in [1.29, 1.82) is 0 Å². The molecule has 0 saturated carbocycles. The van der Waals surface area contributed by atoms with Gasteiger partial charge in [0, 0.05) is 32.3 Å².